The van der Waals surface area contributed by atoms with Crippen LogP contribution in [0.3, 0.4) is 0 Å². The Morgan fingerprint density at radius 3 is 2.44 bits per heavy atom. The topological polar surface area (TPSA) is 126 Å². The lowest BCUT2D eigenvalue weighted by Gasteiger charge is -2.15. The molecule has 0 saturated heterocycles. The van der Waals surface area contributed by atoms with Crippen LogP contribution in [0.1, 0.15) is 32.9 Å². The molecule has 0 radical (unpaired) electrons. The lowest BCUT2D eigenvalue weighted by atomic mass is 10.1. The number of aromatic nitrogens is 4. The van der Waals surface area contributed by atoms with Gasteiger partial charge in [-0.2, -0.15) is 0 Å². The zero-order valence-corrected chi connectivity index (χ0v) is 24.2. The molecule has 7 rings (SSSR count). The van der Waals surface area contributed by atoms with Crippen LogP contribution in [0.25, 0.3) is 16.6 Å². The van der Waals surface area contributed by atoms with Crippen LogP contribution in [0.5, 0.6) is 11.5 Å². The molecule has 3 aromatic carbocycles. The summed E-state index contributed by atoms with van der Waals surface area (Å²) in [6, 6.07) is 25.9. The number of benzene rings is 3. The van der Waals surface area contributed by atoms with Gasteiger partial charge >= 0.3 is 5.69 Å². The van der Waals surface area contributed by atoms with E-state index in [0.29, 0.717) is 51.4 Å². The number of rotatable bonds is 7. The number of fused-ring (bicyclic) bond motifs is 3. The predicted octanol–water partition coefficient (Wildman–Crippen LogP) is 3.23. The molecule has 4 heterocycles. The highest BCUT2D eigenvalue weighted by molar-refractivity contribution is 5.94. The van der Waals surface area contributed by atoms with Crippen molar-refractivity contribution in [3.8, 4) is 11.5 Å². The fourth-order valence-electron chi connectivity index (χ4n) is 5.55. The van der Waals surface area contributed by atoms with E-state index < -0.39 is 11.2 Å². The van der Waals surface area contributed by atoms with Crippen molar-refractivity contribution in [1.29, 1.82) is 0 Å². The third-order valence-corrected chi connectivity index (χ3v) is 7.83. The Morgan fingerprint density at radius 1 is 0.822 bits per heavy atom. The standard InChI is InChI=1S/C34H27N5O6/c1-21-5-4-8-30-36-25(16-31(40)39(21)30)19-37-27-7-3-2-6-26(27)33(42)38(34(37)43)18-22-9-12-24(13-10-22)32(41)35-17-23-11-14-28-29(15-23)45-20-44-28/h2-16H,17-20H2,1H3,(H,35,41). The van der Waals surface area contributed by atoms with Gasteiger partial charge in [-0.15, -0.1) is 0 Å². The molecule has 6 aromatic rings. The first kappa shape index (κ1) is 27.8. The van der Waals surface area contributed by atoms with Gasteiger partial charge in [0.25, 0.3) is 17.0 Å². The van der Waals surface area contributed by atoms with Gasteiger partial charge in [-0.3, -0.25) is 27.9 Å². The third kappa shape index (κ3) is 5.24. The van der Waals surface area contributed by atoms with E-state index in [1.807, 2.05) is 31.2 Å². The summed E-state index contributed by atoms with van der Waals surface area (Å²) in [7, 11) is 0. The van der Waals surface area contributed by atoms with E-state index in [1.165, 1.54) is 15.0 Å². The van der Waals surface area contributed by atoms with E-state index in [1.54, 1.807) is 60.7 Å². The van der Waals surface area contributed by atoms with Crippen molar-refractivity contribution < 1.29 is 14.3 Å². The van der Waals surface area contributed by atoms with Crippen LogP contribution >= 0.6 is 0 Å². The summed E-state index contributed by atoms with van der Waals surface area (Å²) in [6.07, 6.45) is 0. The number of hydrogen-bond donors (Lipinski definition) is 1. The molecular formula is C34H27N5O6. The molecule has 11 heteroatoms. The number of nitrogens with one attached hydrogen (secondary N) is 1. The Hall–Kier alpha value is -5.97. The summed E-state index contributed by atoms with van der Waals surface area (Å²) in [5.74, 6) is 1.05. The van der Waals surface area contributed by atoms with Gasteiger partial charge in [0.1, 0.15) is 5.65 Å². The minimum absolute atomic E-state index is 0.00177. The summed E-state index contributed by atoms with van der Waals surface area (Å²) in [4.78, 5) is 57.6. The molecule has 1 N–H and O–H groups in total. The van der Waals surface area contributed by atoms with Crippen LogP contribution in [-0.2, 0) is 19.6 Å². The second kappa shape index (κ2) is 11.3. The Kier molecular flexibility index (Phi) is 6.97. The number of carbonyl (C=O) groups excluding carboxylic acids is 1. The summed E-state index contributed by atoms with van der Waals surface area (Å²) in [6.45, 7) is 2.31. The number of hydrogen-bond acceptors (Lipinski definition) is 7. The third-order valence-electron chi connectivity index (χ3n) is 7.83. The van der Waals surface area contributed by atoms with E-state index in [4.69, 9.17) is 9.47 Å². The smallest absolute Gasteiger partial charge is 0.332 e. The zero-order chi connectivity index (χ0) is 31.1. The van der Waals surface area contributed by atoms with E-state index in [9.17, 15) is 19.2 Å². The highest BCUT2D eigenvalue weighted by Gasteiger charge is 2.17. The Labute approximate surface area is 255 Å². The maximum Gasteiger partial charge on any atom is 0.332 e. The normalized spacial score (nSPS) is 12.1. The van der Waals surface area contributed by atoms with Crippen molar-refractivity contribution in [2.45, 2.75) is 26.6 Å². The highest BCUT2D eigenvalue weighted by Crippen LogP contribution is 2.32. The fraction of sp³-hybridized carbons (Fsp3) is 0.147. The molecule has 0 unspecified atom stereocenters. The van der Waals surface area contributed by atoms with E-state index in [0.717, 1.165) is 15.8 Å². The fourth-order valence-corrected chi connectivity index (χ4v) is 5.55. The van der Waals surface area contributed by atoms with Crippen molar-refractivity contribution in [3.05, 3.63) is 150 Å². The van der Waals surface area contributed by atoms with Gasteiger partial charge in [0.15, 0.2) is 11.5 Å². The van der Waals surface area contributed by atoms with Crippen molar-refractivity contribution in [1.82, 2.24) is 23.8 Å². The van der Waals surface area contributed by atoms with E-state index in [-0.39, 0.29) is 31.3 Å². The maximum atomic E-state index is 13.8. The Balaban J connectivity index is 1.15. The minimum atomic E-state index is -0.532. The van der Waals surface area contributed by atoms with Crippen LogP contribution in [0.15, 0.2) is 105 Å². The zero-order valence-electron chi connectivity index (χ0n) is 24.2. The summed E-state index contributed by atoms with van der Waals surface area (Å²) >= 11 is 0. The predicted molar refractivity (Wildman–Crippen MR) is 167 cm³/mol. The maximum absolute atomic E-state index is 13.8. The SMILES string of the molecule is Cc1cccc2nc(Cn3c(=O)n(Cc4ccc(C(=O)NCc5ccc6c(c5)OCO6)cc4)c(=O)c4ccccc43)cc(=O)n12. The highest BCUT2D eigenvalue weighted by atomic mass is 16.7. The van der Waals surface area contributed by atoms with E-state index in [2.05, 4.69) is 10.3 Å². The first-order valence-corrected chi connectivity index (χ1v) is 14.3. The van der Waals surface area contributed by atoms with Gasteiger partial charge in [-0.1, -0.05) is 36.4 Å². The molecule has 1 amide bonds. The number of para-hydroxylation sites is 1. The molecule has 0 saturated carbocycles. The van der Waals surface area contributed by atoms with Gasteiger partial charge in [-0.25, -0.2) is 9.78 Å². The van der Waals surface area contributed by atoms with Gasteiger partial charge in [0, 0.05) is 23.9 Å². The molecule has 3 aromatic heterocycles. The summed E-state index contributed by atoms with van der Waals surface area (Å²) < 4.78 is 14.9. The first-order valence-electron chi connectivity index (χ1n) is 14.3. The molecule has 0 spiro atoms. The number of carbonyl (C=O) groups is 1. The number of amides is 1. The number of nitrogens with zero attached hydrogens (tertiary/aromatic N) is 4. The van der Waals surface area contributed by atoms with Gasteiger partial charge in [-0.05, 0) is 66.6 Å². The lowest BCUT2D eigenvalue weighted by Crippen LogP contribution is -2.40. The largest absolute Gasteiger partial charge is 0.454 e. The molecule has 0 atom stereocenters. The van der Waals surface area contributed by atoms with Crippen LogP contribution in [0.4, 0.5) is 0 Å². The summed E-state index contributed by atoms with van der Waals surface area (Å²) in [5.41, 5.74) is 2.84. The van der Waals surface area contributed by atoms with Gasteiger partial charge < -0.3 is 14.8 Å². The average Bonchev–Trinajstić information content (AvgIpc) is 3.52. The van der Waals surface area contributed by atoms with Crippen LogP contribution in [0, 0.1) is 6.92 Å². The quantitative estimate of drug-likeness (QED) is 0.298. The second-order valence-electron chi connectivity index (χ2n) is 10.8. The van der Waals surface area contributed by atoms with Crippen molar-refractivity contribution in [2.24, 2.45) is 0 Å². The number of pyridine rings is 1. The van der Waals surface area contributed by atoms with Crippen LogP contribution in [0.2, 0.25) is 0 Å². The van der Waals surface area contributed by atoms with Gasteiger partial charge in [0.05, 0.1) is 29.7 Å². The van der Waals surface area contributed by atoms with Crippen molar-refractivity contribution in [2.75, 3.05) is 6.79 Å². The molecule has 1 aliphatic rings. The van der Waals surface area contributed by atoms with E-state index >= 15 is 0 Å². The molecule has 224 valence electrons. The van der Waals surface area contributed by atoms with Crippen LogP contribution < -0.4 is 31.6 Å². The molecule has 11 nitrogen and oxygen atoms in total. The second-order valence-corrected chi connectivity index (χ2v) is 10.8. The first-order chi connectivity index (χ1) is 21.9. The molecule has 1 aliphatic heterocycles. The monoisotopic (exact) mass is 601 g/mol. The average molecular weight is 602 g/mol. The number of ether oxygens (including phenoxy) is 2. The molecule has 0 aliphatic carbocycles. The summed E-state index contributed by atoms with van der Waals surface area (Å²) in [5, 5.41) is 3.25. The lowest BCUT2D eigenvalue weighted by molar-refractivity contribution is 0.0951. The number of aryl methyl sites for hydroxylation is 1. The van der Waals surface area contributed by atoms with Crippen molar-refractivity contribution in [3.63, 3.8) is 0 Å². The Bertz CT molecular complexity index is 2300. The molecule has 45 heavy (non-hydrogen) atoms. The molecular weight excluding hydrogens is 574 g/mol. The van der Waals surface area contributed by atoms with Gasteiger partial charge in [0.2, 0.25) is 6.79 Å². The van der Waals surface area contributed by atoms with Crippen LogP contribution in [-0.4, -0.2) is 31.2 Å². The minimum Gasteiger partial charge on any atom is -0.454 e. The van der Waals surface area contributed by atoms with Crippen molar-refractivity contribution >= 4 is 22.5 Å². The Morgan fingerprint density at radius 2 is 1.60 bits per heavy atom. The molecule has 0 bridgehead atoms. The molecule has 0 fully saturated rings.